The zero-order chi connectivity index (χ0) is 15.7. The molecule has 3 aromatic rings. The second kappa shape index (κ2) is 5.24. The van der Waals surface area contributed by atoms with Crippen LogP contribution in [0.4, 0.5) is 5.69 Å². The van der Waals surface area contributed by atoms with Crippen LogP contribution in [-0.4, -0.2) is 32.5 Å². The normalized spacial score (nSPS) is 10.6. The number of aromatic nitrogens is 3. The van der Waals surface area contributed by atoms with E-state index in [0.29, 0.717) is 16.7 Å². The molecular formula is C14H10N4O4. The molecule has 2 heterocycles. The molecule has 0 bridgehead atoms. The van der Waals surface area contributed by atoms with E-state index in [2.05, 4.69) is 14.7 Å². The van der Waals surface area contributed by atoms with Crippen LogP contribution in [0.3, 0.4) is 0 Å². The molecule has 0 unspecified atom stereocenters. The third kappa shape index (κ3) is 2.16. The molecule has 0 saturated carbocycles. The Morgan fingerprint density at radius 2 is 1.95 bits per heavy atom. The molecule has 22 heavy (non-hydrogen) atoms. The average molecular weight is 298 g/mol. The molecule has 0 fully saturated rings. The number of nitro benzene ring substituents is 1. The van der Waals surface area contributed by atoms with Crippen molar-refractivity contribution in [3.05, 3.63) is 58.7 Å². The second-order valence-corrected chi connectivity index (χ2v) is 4.41. The first-order chi connectivity index (χ1) is 10.6. The number of nitro groups is 1. The lowest BCUT2D eigenvalue weighted by molar-refractivity contribution is -0.384. The number of methoxy groups -OCH3 is 1. The number of fused-ring (bicyclic) bond motifs is 1. The number of hydrogen-bond donors (Lipinski definition) is 0. The smallest absolute Gasteiger partial charge is 0.359 e. The van der Waals surface area contributed by atoms with Gasteiger partial charge in [-0.05, 0) is 18.2 Å². The number of non-ortho nitro benzene ring substituents is 1. The van der Waals surface area contributed by atoms with Crippen LogP contribution in [0.15, 0.2) is 42.9 Å². The number of rotatable bonds is 3. The minimum atomic E-state index is -0.570. The lowest BCUT2D eigenvalue weighted by atomic mass is 10.2. The summed E-state index contributed by atoms with van der Waals surface area (Å²) in [6.07, 6.45) is 3.01. The van der Waals surface area contributed by atoms with Crippen LogP contribution >= 0.6 is 0 Å². The van der Waals surface area contributed by atoms with Gasteiger partial charge in [0.25, 0.3) is 5.69 Å². The lowest BCUT2D eigenvalue weighted by Crippen LogP contribution is -2.05. The van der Waals surface area contributed by atoms with E-state index < -0.39 is 10.9 Å². The molecule has 0 amide bonds. The van der Waals surface area contributed by atoms with Crippen LogP contribution in [0.1, 0.15) is 10.5 Å². The highest BCUT2D eigenvalue weighted by Crippen LogP contribution is 2.22. The first kappa shape index (κ1) is 13.7. The minimum absolute atomic E-state index is 0.00471. The Labute approximate surface area is 124 Å². The first-order valence-corrected chi connectivity index (χ1v) is 6.27. The number of benzene rings is 1. The molecule has 0 spiro atoms. The van der Waals surface area contributed by atoms with Crippen molar-refractivity contribution < 1.29 is 14.5 Å². The summed E-state index contributed by atoms with van der Waals surface area (Å²) in [5.74, 6) is -0.570. The van der Waals surface area contributed by atoms with E-state index in [0.717, 1.165) is 0 Å². The molecule has 8 nitrogen and oxygen atoms in total. The predicted octanol–water partition coefficient (Wildman–Crippen LogP) is 2.12. The fraction of sp³-hybridized carbons (Fsp3) is 0.0714. The van der Waals surface area contributed by atoms with Gasteiger partial charge < -0.3 is 4.74 Å². The van der Waals surface area contributed by atoms with Crippen molar-refractivity contribution in [1.82, 2.24) is 14.5 Å². The van der Waals surface area contributed by atoms with E-state index in [1.165, 1.54) is 31.8 Å². The van der Waals surface area contributed by atoms with Gasteiger partial charge in [0, 0.05) is 24.0 Å². The van der Waals surface area contributed by atoms with Gasteiger partial charge in [-0.15, -0.1) is 0 Å². The van der Waals surface area contributed by atoms with Gasteiger partial charge in [-0.25, -0.2) is 14.8 Å². The Morgan fingerprint density at radius 3 is 2.59 bits per heavy atom. The fourth-order valence-electron chi connectivity index (χ4n) is 2.13. The number of esters is 1. The Kier molecular flexibility index (Phi) is 3.26. The maximum atomic E-state index is 11.7. The summed E-state index contributed by atoms with van der Waals surface area (Å²) in [5.41, 5.74) is 1.89. The molecule has 2 aromatic heterocycles. The summed E-state index contributed by atoms with van der Waals surface area (Å²) >= 11 is 0. The van der Waals surface area contributed by atoms with Gasteiger partial charge in [-0.1, -0.05) is 0 Å². The summed E-state index contributed by atoms with van der Waals surface area (Å²) in [7, 11) is 1.27. The van der Waals surface area contributed by atoms with E-state index in [1.54, 1.807) is 22.8 Å². The maximum Gasteiger partial charge on any atom is 0.359 e. The van der Waals surface area contributed by atoms with Crippen molar-refractivity contribution in [3.8, 4) is 5.69 Å². The summed E-state index contributed by atoms with van der Waals surface area (Å²) in [5, 5.41) is 10.7. The van der Waals surface area contributed by atoms with Crippen LogP contribution < -0.4 is 0 Å². The fourth-order valence-corrected chi connectivity index (χ4v) is 2.13. The summed E-state index contributed by atoms with van der Waals surface area (Å²) < 4.78 is 6.39. The Morgan fingerprint density at radius 1 is 1.23 bits per heavy atom. The van der Waals surface area contributed by atoms with E-state index in [9.17, 15) is 14.9 Å². The van der Waals surface area contributed by atoms with E-state index in [4.69, 9.17) is 0 Å². The topological polar surface area (TPSA) is 100 Å². The molecular weight excluding hydrogens is 288 g/mol. The summed E-state index contributed by atoms with van der Waals surface area (Å²) in [4.78, 5) is 30.1. The van der Waals surface area contributed by atoms with Crippen molar-refractivity contribution in [2.24, 2.45) is 0 Å². The molecule has 1 aromatic carbocycles. The quantitative estimate of drug-likeness (QED) is 0.417. The van der Waals surface area contributed by atoms with Crippen molar-refractivity contribution in [1.29, 1.82) is 0 Å². The van der Waals surface area contributed by atoms with Gasteiger partial charge in [-0.3, -0.25) is 14.7 Å². The first-order valence-electron chi connectivity index (χ1n) is 6.27. The zero-order valence-electron chi connectivity index (χ0n) is 11.5. The van der Waals surface area contributed by atoms with Crippen LogP contribution in [0.5, 0.6) is 0 Å². The van der Waals surface area contributed by atoms with Gasteiger partial charge in [0.2, 0.25) is 0 Å². The number of hydrogen-bond acceptors (Lipinski definition) is 6. The highest BCUT2D eigenvalue weighted by Gasteiger charge is 2.16. The summed E-state index contributed by atoms with van der Waals surface area (Å²) in [6, 6.07) is 7.73. The van der Waals surface area contributed by atoms with Crippen LogP contribution in [0.2, 0.25) is 0 Å². The maximum absolute atomic E-state index is 11.7. The lowest BCUT2D eigenvalue weighted by Gasteiger charge is -2.04. The van der Waals surface area contributed by atoms with Gasteiger partial charge in [0.15, 0.2) is 5.69 Å². The van der Waals surface area contributed by atoms with Crippen molar-refractivity contribution in [2.75, 3.05) is 7.11 Å². The SMILES string of the molecule is COC(=O)c1nccc2c1ncn2-c1ccc([N+](=O)[O-])cc1. The van der Waals surface area contributed by atoms with Crippen molar-refractivity contribution in [2.45, 2.75) is 0 Å². The number of ether oxygens (including phenoxy) is 1. The van der Waals surface area contributed by atoms with Crippen molar-refractivity contribution >= 4 is 22.7 Å². The number of carbonyl (C=O) groups is 1. The third-order valence-electron chi connectivity index (χ3n) is 3.18. The summed E-state index contributed by atoms with van der Waals surface area (Å²) in [6.45, 7) is 0. The molecule has 0 N–H and O–H groups in total. The second-order valence-electron chi connectivity index (χ2n) is 4.41. The Bertz CT molecular complexity index is 870. The Hall–Kier alpha value is -3.29. The van der Waals surface area contributed by atoms with Crippen LogP contribution in [0.25, 0.3) is 16.7 Å². The molecule has 0 saturated heterocycles. The largest absolute Gasteiger partial charge is 0.464 e. The van der Waals surface area contributed by atoms with Gasteiger partial charge in [0.1, 0.15) is 11.8 Å². The molecule has 0 atom stereocenters. The van der Waals surface area contributed by atoms with Gasteiger partial charge in [-0.2, -0.15) is 0 Å². The number of carbonyl (C=O) groups excluding carboxylic acids is 1. The van der Waals surface area contributed by atoms with Crippen LogP contribution in [0, 0.1) is 10.1 Å². The van der Waals surface area contributed by atoms with E-state index >= 15 is 0 Å². The third-order valence-corrected chi connectivity index (χ3v) is 3.18. The average Bonchev–Trinajstić information content (AvgIpc) is 2.98. The highest BCUT2D eigenvalue weighted by molar-refractivity contribution is 6.00. The van der Waals surface area contributed by atoms with Crippen LogP contribution in [-0.2, 0) is 4.74 Å². The molecule has 0 aliphatic heterocycles. The molecule has 8 heteroatoms. The molecule has 0 aliphatic rings. The highest BCUT2D eigenvalue weighted by atomic mass is 16.6. The number of nitrogens with zero attached hydrogens (tertiary/aromatic N) is 4. The predicted molar refractivity (Wildman–Crippen MR) is 76.9 cm³/mol. The number of imidazole rings is 1. The number of pyridine rings is 1. The standard InChI is InChI=1S/C14H10N4O4/c1-22-14(19)13-12-11(6-7-15-13)17(8-16-12)9-2-4-10(5-3-9)18(20)21/h2-8H,1H3. The zero-order valence-corrected chi connectivity index (χ0v) is 11.5. The minimum Gasteiger partial charge on any atom is -0.464 e. The Balaban J connectivity index is 2.12. The molecule has 3 rings (SSSR count). The van der Waals surface area contributed by atoms with E-state index in [1.807, 2.05) is 0 Å². The van der Waals surface area contributed by atoms with Gasteiger partial charge >= 0.3 is 5.97 Å². The monoisotopic (exact) mass is 298 g/mol. The van der Waals surface area contributed by atoms with Crippen molar-refractivity contribution in [3.63, 3.8) is 0 Å². The van der Waals surface area contributed by atoms with E-state index in [-0.39, 0.29) is 11.4 Å². The molecule has 0 radical (unpaired) electrons. The van der Waals surface area contributed by atoms with Gasteiger partial charge in [0.05, 0.1) is 17.5 Å². The molecule has 110 valence electrons. The molecule has 0 aliphatic carbocycles.